The first-order valence-corrected chi connectivity index (χ1v) is 11.7. The van der Waals surface area contributed by atoms with E-state index in [4.69, 9.17) is 5.73 Å². The SMILES string of the molecule is CCC1CCCCN1CCNC(=NC)NCCCc1nn(-c2ccccc2)c(N)c1C#N.I. The lowest BCUT2D eigenvalue weighted by Crippen LogP contribution is -2.46. The summed E-state index contributed by atoms with van der Waals surface area (Å²) in [4.78, 5) is 6.93. The summed E-state index contributed by atoms with van der Waals surface area (Å²) < 4.78 is 1.64. The first-order valence-electron chi connectivity index (χ1n) is 11.7. The van der Waals surface area contributed by atoms with Gasteiger partial charge in [-0.2, -0.15) is 10.4 Å². The van der Waals surface area contributed by atoms with Gasteiger partial charge in [-0.25, -0.2) is 4.68 Å². The molecule has 2 aromatic rings. The van der Waals surface area contributed by atoms with Crippen LogP contribution in [0.25, 0.3) is 5.69 Å². The molecule has 2 heterocycles. The van der Waals surface area contributed by atoms with Gasteiger partial charge in [-0.1, -0.05) is 31.5 Å². The number of aromatic nitrogens is 2. The Bertz CT molecular complexity index is 919. The number of rotatable bonds is 9. The highest BCUT2D eigenvalue weighted by atomic mass is 127. The van der Waals surface area contributed by atoms with Gasteiger partial charge >= 0.3 is 0 Å². The Morgan fingerprint density at radius 3 is 2.70 bits per heavy atom. The van der Waals surface area contributed by atoms with Crippen LogP contribution in [0.4, 0.5) is 5.82 Å². The summed E-state index contributed by atoms with van der Waals surface area (Å²) >= 11 is 0. The van der Waals surface area contributed by atoms with E-state index in [1.165, 1.54) is 32.2 Å². The van der Waals surface area contributed by atoms with Crippen LogP contribution in [0.3, 0.4) is 0 Å². The number of benzene rings is 1. The number of para-hydroxylation sites is 1. The van der Waals surface area contributed by atoms with Crippen molar-refractivity contribution in [2.24, 2.45) is 4.99 Å². The van der Waals surface area contributed by atoms with E-state index in [2.05, 4.69) is 38.6 Å². The molecule has 0 amide bonds. The summed E-state index contributed by atoms with van der Waals surface area (Å²) in [6.45, 7) is 6.15. The number of nitrogen functional groups attached to an aromatic ring is 1. The van der Waals surface area contributed by atoms with Crippen LogP contribution in [-0.2, 0) is 6.42 Å². The lowest BCUT2D eigenvalue weighted by atomic mass is 10.0. The molecular weight excluding hydrogens is 527 g/mol. The number of aryl methyl sites for hydroxylation is 1. The standard InChI is InChI=1S/C24H36N8.HI/c1-3-19-10-7-8-16-31(19)17-15-29-24(27-2)28-14-9-13-22-21(18-25)23(26)32(30-22)20-11-5-4-6-12-20;/h4-6,11-12,19H,3,7-10,13-17,26H2,1-2H3,(H2,27,28,29);1H. The fourth-order valence-electron chi connectivity index (χ4n) is 4.36. The minimum absolute atomic E-state index is 0. The Kier molecular flexibility index (Phi) is 11.5. The predicted octanol–water partition coefficient (Wildman–Crippen LogP) is 3.31. The fraction of sp³-hybridized carbons (Fsp3) is 0.542. The molecule has 1 aromatic carbocycles. The molecule has 1 fully saturated rings. The van der Waals surface area contributed by atoms with Gasteiger partial charge in [0, 0.05) is 32.7 Å². The van der Waals surface area contributed by atoms with Gasteiger partial charge in [-0.05, 0) is 50.8 Å². The van der Waals surface area contributed by atoms with E-state index < -0.39 is 0 Å². The van der Waals surface area contributed by atoms with Gasteiger partial charge in [0.2, 0.25) is 0 Å². The highest BCUT2D eigenvalue weighted by Crippen LogP contribution is 2.21. The average Bonchev–Trinajstić information content (AvgIpc) is 3.16. The molecule has 0 saturated carbocycles. The Hall–Kier alpha value is -2.32. The van der Waals surface area contributed by atoms with Crippen molar-refractivity contribution in [3.8, 4) is 11.8 Å². The van der Waals surface area contributed by atoms with Gasteiger partial charge < -0.3 is 16.4 Å². The van der Waals surface area contributed by atoms with Gasteiger partial charge in [-0.3, -0.25) is 9.89 Å². The number of anilines is 1. The van der Waals surface area contributed by atoms with Crippen LogP contribution in [0.2, 0.25) is 0 Å². The second-order valence-corrected chi connectivity index (χ2v) is 8.19. The van der Waals surface area contributed by atoms with E-state index in [-0.39, 0.29) is 24.0 Å². The molecule has 0 aliphatic carbocycles. The molecule has 1 saturated heterocycles. The van der Waals surface area contributed by atoms with Crippen molar-refractivity contribution in [1.82, 2.24) is 25.3 Å². The van der Waals surface area contributed by atoms with Gasteiger partial charge in [0.25, 0.3) is 0 Å². The quantitative estimate of drug-likeness (QED) is 0.187. The van der Waals surface area contributed by atoms with E-state index in [1.54, 1.807) is 11.7 Å². The zero-order valence-electron chi connectivity index (χ0n) is 19.8. The summed E-state index contributed by atoms with van der Waals surface area (Å²) in [5, 5.41) is 20.9. The second kappa shape index (κ2) is 14.1. The van der Waals surface area contributed by atoms with Crippen LogP contribution in [0, 0.1) is 11.3 Å². The molecule has 0 bridgehead atoms. The molecule has 1 aliphatic heterocycles. The largest absolute Gasteiger partial charge is 0.382 e. The van der Waals surface area contributed by atoms with Crippen LogP contribution in [0.15, 0.2) is 35.3 Å². The van der Waals surface area contributed by atoms with E-state index in [0.29, 0.717) is 17.8 Å². The van der Waals surface area contributed by atoms with Crippen molar-refractivity contribution >= 4 is 35.8 Å². The van der Waals surface area contributed by atoms with E-state index in [1.807, 2.05) is 30.3 Å². The fourth-order valence-corrected chi connectivity index (χ4v) is 4.36. The first kappa shape index (κ1) is 26.9. The summed E-state index contributed by atoms with van der Waals surface area (Å²) in [5.41, 5.74) is 8.23. The number of hydrogen-bond donors (Lipinski definition) is 3. The molecule has 1 aliphatic rings. The highest BCUT2D eigenvalue weighted by Gasteiger charge is 2.20. The molecule has 8 nitrogen and oxygen atoms in total. The number of halogens is 1. The number of nitrogens with zero attached hydrogens (tertiary/aromatic N) is 5. The number of nitrogens with two attached hydrogens (primary N) is 1. The van der Waals surface area contributed by atoms with E-state index in [9.17, 15) is 5.26 Å². The zero-order valence-corrected chi connectivity index (χ0v) is 22.1. The maximum Gasteiger partial charge on any atom is 0.191 e. The first-order chi connectivity index (χ1) is 15.7. The third-order valence-corrected chi connectivity index (χ3v) is 6.12. The summed E-state index contributed by atoms with van der Waals surface area (Å²) in [7, 11) is 1.79. The van der Waals surface area contributed by atoms with Crippen molar-refractivity contribution in [1.29, 1.82) is 5.26 Å². The lowest BCUT2D eigenvalue weighted by molar-refractivity contribution is 0.147. The summed E-state index contributed by atoms with van der Waals surface area (Å²) in [6.07, 6.45) is 6.70. The Morgan fingerprint density at radius 2 is 2.00 bits per heavy atom. The van der Waals surface area contributed by atoms with Crippen LogP contribution < -0.4 is 16.4 Å². The van der Waals surface area contributed by atoms with Gasteiger partial charge in [0.05, 0.1) is 11.4 Å². The van der Waals surface area contributed by atoms with Gasteiger partial charge in [0.1, 0.15) is 17.5 Å². The van der Waals surface area contributed by atoms with Gasteiger partial charge in [-0.15, -0.1) is 24.0 Å². The molecule has 3 rings (SSSR count). The number of guanidine groups is 1. The number of nitrogens with one attached hydrogen (secondary N) is 2. The second-order valence-electron chi connectivity index (χ2n) is 8.19. The van der Waals surface area contributed by atoms with Crippen LogP contribution in [0.5, 0.6) is 0 Å². The number of aliphatic imine (C=N–C) groups is 1. The minimum Gasteiger partial charge on any atom is -0.382 e. The average molecular weight is 565 g/mol. The van der Waals surface area contributed by atoms with Crippen molar-refractivity contribution < 1.29 is 0 Å². The Labute approximate surface area is 214 Å². The Balaban J connectivity index is 0.00000385. The van der Waals surface area contributed by atoms with Crippen LogP contribution in [-0.4, -0.2) is 59.9 Å². The highest BCUT2D eigenvalue weighted by molar-refractivity contribution is 14.0. The van der Waals surface area contributed by atoms with E-state index >= 15 is 0 Å². The topological polar surface area (TPSA) is 107 Å². The monoisotopic (exact) mass is 564 g/mol. The molecule has 1 aromatic heterocycles. The maximum atomic E-state index is 9.55. The summed E-state index contributed by atoms with van der Waals surface area (Å²) in [6, 6.07) is 12.6. The van der Waals surface area contributed by atoms with Crippen molar-refractivity contribution in [2.45, 2.75) is 51.5 Å². The third kappa shape index (κ3) is 7.33. The molecule has 1 unspecified atom stereocenters. The number of nitriles is 1. The van der Waals surface area contributed by atoms with Crippen molar-refractivity contribution in [3.63, 3.8) is 0 Å². The minimum atomic E-state index is 0. The molecule has 9 heteroatoms. The normalized spacial score (nSPS) is 16.6. The molecule has 180 valence electrons. The van der Waals surface area contributed by atoms with Crippen molar-refractivity contribution in [2.75, 3.05) is 39.0 Å². The smallest absolute Gasteiger partial charge is 0.191 e. The molecular formula is C24H37IN8. The van der Waals surface area contributed by atoms with Gasteiger partial charge in [0.15, 0.2) is 5.96 Å². The van der Waals surface area contributed by atoms with Crippen LogP contribution >= 0.6 is 24.0 Å². The lowest BCUT2D eigenvalue weighted by Gasteiger charge is -2.35. The van der Waals surface area contributed by atoms with Crippen LogP contribution in [0.1, 0.15) is 50.3 Å². The third-order valence-electron chi connectivity index (χ3n) is 6.12. The molecule has 0 radical (unpaired) electrons. The molecule has 1 atom stereocenters. The molecule has 33 heavy (non-hydrogen) atoms. The number of likely N-dealkylation sites (tertiary alicyclic amines) is 1. The number of piperidine rings is 1. The van der Waals surface area contributed by atoms with E-state index in [0.717, 1.165) is 49.4 Å². The number of hydrogen-bond acceptors (Lipinski definition) is 5. The van der Waals surface area contributed by atoms with Crippen molar-refractivity contribution in [3.05, 3.63) is 41.6 Å². The molecule has 4 N–H and O–H groups in total. The summed E-state index contributed by atoms with van der Waals surface area (Å²) in [5.74, 6) is 1.20. The Morgan fingerprint density at radius 1 is 1.24 bits per heavy atom. The maximum absolute atomic E-state index is 9.55. The predicted molar refractivity (Wildman–Crippen MR) is 145 cm³/mol. The molecule has 0 spiro atoms. The zero-order chi connectivity index (χ0) is 22.8.